The summed E-state index contributed by atoms with van der Waals surface area (Å²) in [6.07, 6.45) is 10.2. The normalized spacial score (nSPS) is 20.7. The Bertz CT molecular complexity index is 1060. The first-order valence-corrected chi connectivity index (χ1v) is 13.3. The number of aromatic nitrogens is 2. The van der Waals surface area contributed by atoms with Crippen molar-refractivity contribution in [2.45, 2.75) is 38.1 Å². The minimum Gasteiger partial charge on any atom is -0.383 e. The molecular weight excluding hydrogens is 444 g/mol. The van der Waals surface area contributed by atoms with E-state index < -0.39 is 0 Å². The van der Waals surface area contributed by atoms with Crippen molar-refractivity contribution >= 4 is 17.2 Å². The van der Waals surface area contributed by atoms with Crippen LogP contribution in [0.4, 0.5) is 0 Å². The lowest BCUT2D eigenvalue weighted by molar-refractivity contribution is 0.0318. The van der Waals surface area contributed by atoms with E-state index in [0.717, 1.165) is 22.9 Å². The first-order valence-electron chi connectivity index (χ1n) is 12.5. The molecule has 2 aliphatic heterocycles. The van der Waals surface area contributed by atoms with Crippen LogP contribution in [0.5, 0.6) is 0 Å². The zero-order valence-corrected chi connectivity index (χ0v) is 20.8. The van der Waals surface area contributed by atoms with Crippen LogP contribution in [0.2, 0.25) is 0 Å². The highest BCUT2D eigenvalue weighted by atomic mass is 32.1. The van der Waals surface area contributed by atoms with E-state index in [4.69, 9.17) is 9.72 Å². The number of carbonyl (C=O) groups excluding carboxylic acids is 1. The van der Waals surface area contributed by atoms with Gasteiger partial charge in [0.2, 0.25) is 0 Å². The molecule has 3 aromatic rings. The molecule has 34 heavy (non-hydrogen) atoms. The molecule has 7 heteroatoms. The van der Waals surface area contributed by atoms with Gasteiger partial charge in [0.25, 0.3) is 5.91 Å². The van der Waals surface area contributed by atoms with Crippen molar-refractivity contribution in [3.63, 3.8) is 0 Å². The standard InChI is InChI=1S/C27H34N4O2S/c1-33-19-18-31(20-22-12-9-17-29-14-6-5-13-23(22)29)26(32)25-24(21-10-3-2-4-11-21)28-27(34-25)30-15-7-8-16-30/h2-4,7-8,10-11,15-16,22-23H,5-6,9,12-14,17-20H2,1H3. The van der Waals surface area contributed by atoms with E-state index in [1.807, 2.05) is 64.3 Å². The van der Waals surface area contributed by atoms with Gasteiger partial charge in [-0.25, -0.2) is 4.98 Å². The predicted octanol–water partition coefficient (Wildman–Crippen LogP) is 4.95. The fourth-order valence-electron chi connectivity index (χ4n) is 5.51. The minimum absolute atomic E-state index is 0.0692. The molecule has 5 rings (SSSR count). The van der Waals surface area contributed by atoms with Crippen molar-refractivity contribution in [1.29, 1.82) is 0 Å². The third-order valence-electron chi connectivity index (χ3n) is 7.22. The van der Waals surface area contributed by atoms with Gasteiger partial charge in [0, 0.05) is 44.2 Å². The molecule has 4 heterocycles. The third kappa shape index (κ3) is 4.97. The Balaban J connectivity index is 1.46. The molecule has 6 nitrogen and oxygen atoms in total. The van der Waals surface area contributed by atoms with E-state index in [1.165, 1.54) is 56.5 Å². The molecule has 2 fully saturated rings. The molecule has 180 valence electrons. The molecule has 2 unspecified atom stereocenters. The first-order chi connectivity index (χ1) is 16.7. The summed E-state index contributed by atoms with van der Waals surface area (Å²) in [5.41, 5.74) is 1.74. The Kier molecular flexibility index (Phi) is 7.42. The Morgan fingerprint density at radius 2 is 1.88 bits per heavy atom. The number of thiazole rings is 1. The number of hydrogen-bond donors (Lipinski definition) is 0. The predicted molar refractivity (Wildman–Crippen MR) is 137 cm³/mol. The molecule has 2 aliphatic rings. The Labute approximate surface area is 206 Å². The molecular formula is C27H34N4O2S. The van der Waals surface area contributed by atoms with Crippen LogP contribution in [0.1, 0.15) is 41.8 Å². The summed E-state index contributed by atoms with van der Waals surface area (Å²) in [4.78, 5) is 24.4. The number of amides is 1. The second-order valence-corrected chi connectivity index (χ2v) is 10.4. The SMILES string of the molecule is COCCN(CC1CCCN2CCCCC12)C(=O)c1sc(-n2cccc2)nc1-c1ccccc1. The maximum absolute atomic E-state index is 14.1. The quantitative estimate of drug-likeness (QED) is 0.460. The Morgan fingerprint density at radius 3 is 2.68 bits per heavy atom. The van der Waals surface area contributed by atoms with Gasteiger partial charge >= 0.3 is 0 Å². The minimum atomic E-state index is 0.0692. The lowest BCUT2D eigenvalue weighted by Gasteiger charge is -2.45. The average Bonchev–Trinajstić information content (AvgIpc) is 3.57. The largest absolute Gasteiger partial charge is 0.383 e. The maximum atomic E-state index is 14.1. The summed E-state index contributed by atoms with van der Waals surface area (Å²) in [7, 11) is 1.71. The summed E-state index contributed by atoms with van der Waals surface area (Å²) >= 11 is 1.48. The summed E-state index contributed by atoms with van der Waals surface area (Å²) in [6.45, 7) is 4.34. The molecule has 0 bridgehead atoms. The number of benzene rings is 1. The van der Waals surface area contributed by atoms with Crippen molar-refractivity contribution in [2.24, 2.45) is 5.92 Å². The molecule has 0 spiro atoms. The van der Waals surface area contributed by atoms with E-state index >= 15 is 0 Å². The first kappa shape index (κ1) is 23.3. The van der Waals surface area contributed by atoms with E-state index in [1.54, 1.807) is 7.11 Å². The van der Waals surface area contributed by atoms with Crippen molar-refractivity contribution in [2.75, 3.05) is 39.9 Å². The Morgan fingerprint density at radius 1 is 1.09 bits per heavy atom. The van der Waals surface area contributed by atoms with Gasteiger partial charge in [-0.1, -0.05) is 48.1 Å². The van der Waals surface area contributed by atoms with E-state index in [-0.39, 0.29) is 5.91 Å². The van der Waals surface area contributed by atoms with E-state index in [0.29, 0.717) is 30.0 Å². The van der Waals surface area contributed by atoms with Crippen LogP contribution < -0.4 is 0 Å². The summed E-state index contributed by atoms with van der Waals surface area (Å²) < 4.78 is 7.39. The zero-order valence-electron chi connectivity index (χ0n) is 19.9. The number of ether oxygens (including phenoxy) is 1. The fraction of sp³-hybridized carbons (Fsp3) is 0.481. The fourth-order valence-corrected chi connectivity index (χ4v) is 6.54. The molecule has 0 saturated carbocycles. The van der Waals surface area contributed by atoms with Gasteiger partial charge in [0.05, 0.1) is 12.3 Å². The van der Waals surface area contributed by atoms with Gasteiger partial charge in [-0.15, -0.1) is 0 Å². The van der Waals surface area contributed by atoms with Crippen LogP contribution >= 0.6 is 11.3 Å². The van der Waals surface area contributed by atoms with Crippen molar-refractivity contribution < 1.29 is 9.53 Å². The number of fused-ring (bicyclic) bond motifs is 1. The number of nitrogens with zero attached hydrogens (tertiary/aromatic N) is 4. The molecule has 0 N–H and O–H groups in total. The van der Waals surface area contributed by atoms with Gasteiger partial charge in [-0.2, -0.15) is 0 Å². The highest BCUT2D eigenvalue weighted by Gasteiger charge is 2.35. The third-order valence-corrected chi connectivity index (χ3v) is 8.28. The summed E-state index contributed by atoms with van der Waals surface area (Å²) in [5.74, 6) is 0.589. The Hall–Kier alpha value is -2.48. The molecule has 1 aromatic carbocycles. The van der Waals surface area contributed by atoms with Gasteiger partial charge in [0.1, 0.15) is 4.88 Å². The number of methoxy groups -OCH3 is 1. The van der Waals surface area contributed by atoms with Crippen LogP contribution in [0.25, 0.3) is 16.4 Å². The second-order valence-electron chi connectivity index (χ2n) is 9.38. The molecule has 2 aromatic heterocycles. The van der Waals surface area contributed by atoms with Crippen LogP contribution in [-0.2, 0) is 4.74 Å². The lowest BCUT2D eigenvalue weighted by Crippen LogP contribution is -2.52. The smallest absolute Gasteiger partial charge is 0.266 e. The number of piperidine rings is 2. The van der Waals surface area contributed by atoms with Gasteiger partial charge < -0.3 is 19.1 Å². The van der Waals surface area contributed by atoms with Crippen molar-refractivity contribution in [3.8, 4) is 16.4 Å². The van der Waals surface area contributed by atoms with Crippen LogP contribution in [-0.4, -0.2) is 71.2 Å². The van der Waals surface area contributed by atoms with Crippen LogP contribution in [0.15, 0.2) is 54.9 Å². The molecule has 2 saturated heterocycles. The molecule has 2 atom stereocenters. The van der Waals surface area contributed by atoms with Crippen molar-refractivity contribution in [3.05, 3.63) is 59.7 Å². The van der Waals surface area contributed by atoms with Crippen LogP contribution in [0, 0.1) is 5.92 Å². The highest BCUT2D eigenvalue weighted by Crippen LogP contribution is 2.34. The molecule has 0 radical (unpaired) electrons. The summed E-state index contributed by atoms with van der Waals surface area (Å²) in [5, 5.41) is 0.815. The van der Waals surface area contributed by atoms with Gasteiger partial charge in [-0.05, 0) is 56.8 Å². The van der Waals surface area contributed by atoms with Gasteiger partial charge in [0.15, 0.2) is 5.13 Å². The lowest BCUT2D eigenvalue weighted by atomic mass is 9.83. The second kappa shape index (κ2) is 10.8. The highest BCUT2D eigenvalue weighted by molar-refractivity contribution is 7.16. The number of hydrogen-bond acceptors (Lipinski definition) is 5. The molecule has 0 aliphatic carbocycles. The van der Waals surface area contributed by atoms with Crippen LogP contribution in [0.3, 0.4) is 0 Å². The zero-order chi connectivity index (χ0) is 23.3. The van der Waals surface area contributed by atoms with E-state index in [9.17, 15) is 4.79 Å². The van der Waals surface area contributed by atoms with Gasteiger partial charge in [-0.3, -0.25) is 4.79 Å². The average molecular weight is 479 g/mol. The maximum Gasteiger partial charge on any atom is 0.266 e. The summed E-state index contributed by atoms with van der Waals surface area (Å²) in [6, 6.07) is 14.6. The van der Waals surface area contributed by atoms with Crippen molar-refractivity contribution in [1.82, 2.24) is 19.4 Å². The van der Waals surface area contributed by atoms with E-state index in [2.05, 4.69) is 4.90 Å². The molecule has 1 amide bonds. The number of rotatable bonds is 8. The monoisotopic (exact) mass is 478 g/mol. The topological polar surface area (TPSA) is 50.6 Å². The number of carbonyl (C=O) groups is 1.